The van der Waals surface area contributed by atoms with Crippen LogP contribution in [0, 0.1) is 13.8 Å². The van der Waals surface area contributed by atoms with Crippen LogP contribution in [0.25, 0.3) is 0 Å². The number of hydrogen-bond acceptors (Lipinski definition) is 5. The van der Waals surface area contributed by atoms with Gasteiger partial charge in [0, 0.05) is 31.4 Å². The Morgan fingerprint density at radius 1 is 1.20 bits per heavy atom. The summed E-state index contributed by atoms with van der Waals surface area (Å²) in [7, 11) is 0. The van der Waals surface area contributed by atoms with E-state index in [1.807, 2.05) is 26.0 Å². The largest absolute Gasteiger partial charge is 0.352 e. The molecule has 2 aromatic rings. The molecule has 0 spiro atoms. The number of carbonyl (C=O) groups excluding carboxylic acids is 2. The van der Waals surface area contributed by atoms with E-state index in [1.165, 1.54) is 17.3 Å². The van der Waals surface area contributed by atoms with Gasteiger partial charge in [-0.2, -0.15) is 0 Å². The van der Waals surface area contributed by atoms with Crippen molar-refractivity contribution in [1.82, 2.24) is 15.2 Å². The SMILES string of the molecule is Cc1cc(C)c2c(n1)SCC(=O)N2CC(=O)NC1CCN(Cc2ccccc2)CC1. The molecule has 1 aromatic heterocycles. The molecule has 1 aromatic carbocycles. The van der Waals surface area contributed by atoms with E-state index in [1.54, 1.807) is 4.90 Å². The van der Waals surface area contributed by atoms with Gasteiger partial charge in [-0.1, -0.05) is 42.1 Å². The van der Waals surface area contributed by atoms with E-state index in [0.717, 1.165) is 54.4 Å². The molecule has 2 amide bonds. The lowest BCUT2D eigenvalue weighted by molar-refractivity contribution is -0.123. The van der Waals surface area contributed by atoms with Crippen LogP contribution < -0.4 is 10.2 Å². The summed E-state index contributed by atoms with van der Waals surface area (Å²) in [6.07, 6.45) is 1.86. The topological polar surface area (TPSA) is 65.5 Å². The van der Waals surface area contributed by atoms with Gasteiger partial charge in [0.15, 0.2) is 0 Å². The van der Waals surface area contributed by atoms with Gasteiger partial charge >= 0.3 is 0 Å². The van der Waals surface area contributed by atoms with Crippen molar-refractivity contribution in [3.8, 4) is 0 Å². The second kappa shape index (κ2) is 9.18. The Labute approximate surface area is 182 Å². The standard InChI is InChI=1S/C23H28N4O2S/c1-16-12-17(2)24-23-22(16)27(21(29)15-30-23)14-20(28)25-19-8-10-26(11-9-19)13-18-6-4-3-5-7-18/h3-7,12,19H,8-11,13-15H2,1-2H3,(H,25,28). The first-order valence-corrected chi connectivity index (χ1v) is 11.4. The van der Waals surface area contributed by atoms with Gasteiger partial charge < -0.3 is 5.32 Å². The van der Waals surface area contributed by atoms with Crippen molar-refractivity contribution in [2.24, 2.45) is 0 Å². The van der Waals surface area contributed by atoms with Crippen molar-refractivity contribution in [3.63, 3.8) is 0 Å². The summed E-state index contributed by atoms with van der Waals surface area (Å²) in [5.74, 6) is 0.199. The minimum atomic E-state index is -0.0947. The van der Waals surface area contributed by atoms with Gasteiger partial charge in [0.25, 0.3) is 0 Å². The van der Waals surface area contributed by atoms with Crippen LogP contribution in [0.5, 0.6) is 0 Å². The van der Waals surface area contributed by atoms with Crippen LogP contribution in [0.4, 0.5) is 5.69 Å². The van der Waals surface area contributed by atoms with Gasteiger partial charge in [-0.15, -0.1) is 0 Å². The first-order chi connectivity index (χ1) is 14.5. The van der Waals surface area contributed by atoms with Crippen LogP contribution in [-0.2, 0) is 16.1 Å². The predicted octanol–water partition coefficient (Wildman–Crippen LogP) is 2.92. The van der Waals surface area contributed by atoms with E-state index in [-0.39, 0.29) is 24.4 Å². The number of likely N-dealkylation sites (tertiary alicyclic amines) is 1. The van der Waals surface area contributed by atoms with Gasteiger partial charge in [-0.3, -0.25) is 19.4 Å². The van der Waals surface area contributed by atoms with Crippen LogP contribution >= 0.6 is 11.8 Å². The lowest BCUT2D eigenvalue weighted by atomic mass is 10.0. The molecule has 0 atom stereocenters. The Balaban J connectivity index is 1.32. The van der Waals surface area contributed by atoms with E-state index < -0.39 is 0 Å². The Bertz CT molecular complexity index is 926. The molecule has 0 saturated carbocycles. The number of amides is 2. The number of aromatic nitrogens is 1. The van der Waals surface area contributed by atoms with Crippen LogP contribution in [-0.4, -0.2) is 53.1 Å². The highest BCUT2D eigenvalue weighted by Crippen LogP contribution is 2.36. The number of thioether (sulfide) groups is 1. The molecule has 3 heterocycles. The summed E-state index contributed by atoms with van der Waals surface area (Å²) >= 11 is 1.45. The number of hydrogen-bond donors (Lipinski definition) is 1. The number of rotatable bonds is 5. The average Bonchev–Trinajstić information content (AvgIpc) is 2.72. The first-order valence-electron chi connectivity index (χ1n) is 10.5. The summed E-state index contributed by atoms with van der Waals surface area (Å²) in [5, 5.41) is 3.99. The number of pyridine rings is 1. The van der Waals surface area contributed by atoms with Gasteiger partial charge in [0.05, 0.1) is 11.4 Å². The number of benzene rings is 1. The molecular formula is C23H28N4O2S. The predicted molar refractivity (Wildman–Crippen MR) is 120 cm³/mol. The molecule has 7 heteroatoms. The quantitative estimate of drug-likeness (QED) is 0.800. The smallest absolute Gasteiger partial charge is 0.240 e. The number of piperidine rings is 1. The van der Waals surface area contributed by atoms with Crippen LogP contribution in [0.15, 0.2) is 41.4 Å². The van der Waals surface area contributed by atoms with Crippen LogP contribution in [0.3, 0.4) is 0 Å². The van der Waals surface area contributed by atoms with Gasteiger partial charge in [0.1, 0.15) is 11.6 Å². The Hall–Kier alpha value is -2.38. The molecule has 1 fully saturated rings. The minimum Gasteiger partial charge on any atom is -0.352 e. The molecule has 1 N–H and O–H groups in total. The summed E-state index contributed by atoms with van der Waals surface area (Å²) in [4.78, 5) is 33.9. The minimum absolute atomic E-state index is 0.0333. The maximum Gasteiger partial charge on any atom is 0.240 e. The van der Waals surface area contributed by atoms with E-state index in [0.29, 0.717) is 5.75 Å². The molecule has 6 nitrogen and oxygen atoms in total. The molecule has 0 unspecified atom stereocenters. The fourth-order valence-electron chi connectivity index (χ4n) is 4.22. The zero-order chi connectivity index (χ0) is 21.1. The molecule has 0 bridgehead atoms. The zero-order valence-electron chi connectivity index (χ0n) is 17.6. The van der Waals surface area contributed by atoms with E-state index in [9.17, 15) is 9.59 Å². The second-order valence-electron chi connectivity index (χ2n) is 8.11. The number of anilines is 1. The van der Waals surface area contributed by atoms with Gasteiger partial charge in [0.2, 0.25) is 11.8 Å². The lowest BCUT2D eigenvalue weighted by Gasteiger charge is -2.33. The van der Waals surface area contributed by atoms with Crippen molar-refractivity contribution >= 4 is 29.3 Å². The van der Waals surface area contributed by atoms with E-state index in [4.69, 9.17) is 0 Å². The monoisotopic (exact) mass is 424 g/mol. The lowest BCUT2D eigenvalue weighted by Crippen LogP contribution is -2.49. The highest BCUT2D eigenvalue weighted by molar-refractivity contribution is 8.00. The molecular weight excluding hydrogens is 396 g/mol. The summed E-state index contributed by atoms with van der Waals surface area (Å²) in [5.41, 5.74) is 4.02. The average molecular weight is 425 g/mol. The van der Waals surface area contributed by atoms with Gasteiger partial charge in [-0.05, 0) is 43.9 Å². The van der Waals surface area contributed by atoms with E-state index >= 15 is 0 Å². The highest BCUT2D eigenvalue weighted by Gasteiger charge is 2.30. The van der Waals surface area contributed by atoms with Crippen LogP contribution in [0.2, 0.25) is 0 Å². The molecule has 158 valence electrons. The molecule has 0 radical (unpaired) electrons. The maximum absolute atomic E-state index is 12.7. The summed E-state index contributed by atoms with van der Waals surface area (Å²) in [6, 6.07) is 12.6. The normalized spacial score (nSPS) is 17.7. The fourth-order valence-corrected chi connectivity index (χ4v) is 5.25. The number of nitrogens with zero attached hydrogens (tertiary/aromatic N) is 3. The number of fused-ring (bicyclic) bond motifs is 1. The van der Waals surface area contributed by atoms with Crippen molar-refractivity contribution in [1.29, 1.82) is 0 Å². The third-order valence-electron chi connectivity index (χ3n) is 5.69. The molecule has 4 rings (SSSR count). The van der Waals surface area contributed by atoms with Crippen molar-refractivity contribution in [3.05, 3.63) is 53.2 Å². The molecule has 2 aliphatic rings. The first kappa shape index (κ1) is 20.9. The molecule has 0 aliphatic carbocycles. The maximum atomic E-state index is 12.7. The number of carbonyl (C=O) groups is 2. The van der Waals surface area contributed by atoms with Crippen molar-refractivity contribution in [2.75, 3.05) is 30.3 Å². The van der Waals surface area contributed by atoms with Crippen LogP contribution in [0.1, 0.15) is 29.7 Å². The number of aryl methyl sites for hydroxylation is 2. The third-order valence-corrected chi connectivity index (χ3v) is 6.64. The Morgan fingerprint density at radius 3 is 2.67 bits per heavy atom. The Morgan fingerprint density at radius 2 is 1.93 bits per heavy atom. The molecule has 2 aliphatic heterocycles. The summed E-state index contributed by atoms with van der Waals surface area (Å²) < 4.78 is 0. The molecule has 1 saturated heterocycles. The highest BCUT2D eigenvalue weighted by atomic mass is 32.2. The summed E-state index contributed by atoms with van der Waals surface area (Å²) in [6.45, 7) is 6.85. The van der Waals surface area contributed by atoms with Crippen molar-refractivity contribution < 1.29 is 9.59 Å². The zero-order valence-corrected chi connectivity index (χ0v) is 18.4. The van der Waals surface area contributed by atoms with Crippen molar-refractivity contribution in [2.45, 2.75) is 44.3 Å². The number of nitrogens with one attached hydrogen (secondary N) is 1. The fraction of sp³-hybridized carbons (Fsp3) is 0.435. The van der Waals surface area contributed by atoms with E-state index in [2.05, 4.69) is 39.5 Å². The second-order valence-corrected chi connectivity index (χ2v) is 9.07. The molecule has 30 heavy (non-hydrogen) atoms. The Kier molecular flexibility index (Phi) is 6.39. The third kappa shape index (κ3) is 4.84. The van der Waals surface area contributed by atoms with Gasteiger partial charge in [-0.25, -0.2) is 4.98 Å².